The second-order valence-corrected chi connectivity index (χ2v) is 5.29. The summed E-state index contributed by atoms with van der Waals surface area (Å²) in [4.78, 5) is 13.2. The van der Waals surface area contributed by atoms with Crippen LogP contribution >= 0.6 is 11.8 Å². The number of carbonyl (C=O) groups excluding carboxylic acids is 1. The Morgan fingerprint density at radius 2 is 1.81 bits per heavy atom. The normalized spacial score (nSPS) is 10.2. The van der Waals surface area contributed by atoms with Crippen LogP contribution in [0.5, 0.6) is 5.75 Å². The summed E-state index contributed by atoms with van der Waals surface area (Å²) in [5.41, 5.74) is -0.0454. The van der Waals surface area contributed by atoms with Crippen molar-refractivity contribution in [3.8, 4) is 5.75 Å². The van der Waals surface area contributed by atoms with E-state index in [2.05, 4.69) is 0 Å². The number of halogens is 1. The minimum atomic E-state index is -0.643. The molecule has 0 spiro atoms. The predicted molar refractivity (Wildman–Crippen MR) is 79.5 cm³/mol. The van der Waals surface area contributed by atoms with E-state index < -0.39 is 11.8 Å². The molecule has 3 nitrogen and oxygen atoms in total. The molecule has 0 bridgehead atoms. The van der Waals surface area contributed by atoms with Gasteiger partial charge in [-0.1, -0.05) is 11.8 Å². The molecule has 0 saturated carbocycles. The molecule has 0 aliphatic carbocycles. The Hall–Kier alpha value is -2.01. The number of ether oxygens (including phenoxy) is 2. The van der Waals surface area contributed by atoms with E-state index in [1.165, 1.54) is 23.9 Å². The van der Waals surface area contributed by atoms with Crippen LogP contribution in [-0.2, 0) is 4.74 Å². The van der Waals surface area contributed by atoms with E-state index in [1.807, 2.05) is 24.3 Å². The minimum Gasteiger partial charge on any atom is -0.497 e. The molecule has 110 valence electrons. The Morgan fingerprint density at radius 1 is 1.14 bits per heavy atom. The van der Waals surface area contributed by atoms with Crippen molar-refractivity contribution in [2.75, 3.05) is 13.7 Å². The van der Waals surface area contributed by atoms with Gasteiger partial charge in [0, 0.05) is 9.79 Å². The third kappa shape index (κ3) is 3.98. The van der Waals surface area contributed by atoms with E-state index in [4.69, 9.17) is 9.47 Å². The van der Waals surface area contributed by atoms with Gasteiger partial charge in [-0.25, -0.2) is 9.18 Å². The molecule has 0 amide bonds. The molecule has 0 N–H and O–H groups in total. The van der Waals surface area contributed by atoms with Gasteiger partial charge in [0.2, 0.25) is 0 Å². The van der Waals surface area contributed by atoms with Gasteiger partial charge in [0.25, 0.3) is 0 Å². The summed E-state index contributed by atoms with van der Waals surface area (Å²) in [6.07, 6.45) is 0. The monoisotopic (exact) mass is 306 g/mol. The summed E-state index contributed by atoms with van der Waals surface area (Å²) in [6.45, 7) is 1.91. The van der Waals surface area contributed by atoms with E-state index in [-0.39, 0.29) is 12.2 Å². The minimum absolute atomic E-state index is 0.0454. The third-order valence-electron chi connectivity index (χ3n) is 2.73. The molecule has 0 fully saturated rings. The summed E-state index contributed by atoms with van der Waals surface area (Å²) in [7, 11) is 1.60. The molecule has 0 radical (unpaired) electrons. The highest BCUT2D eigenvalue weighted by molar-refractivity contribution is 7.99. The molecule has 0 unspecified atom stereocenters. The van der Waals surface area contributed by atoms with E-state index in [9.17, 15) is 9.18 Å². The molecule has 5 heteroatoms. The van der Waals surface area contributed by atoms with Crippen LogP contribution in [0.15, 0.2) is 52.3 Å². The molecule has 0 aliphatic rings. The predicted octanol–water partition coefficient (Wildman–Crippen LogP) is 4.16. The maximum Gasteiger partial charge on any atom is 0.341 e. The van der Waals surface area contributed by atoms with E-state index in [0.29, 0.717) is 4.90 Å². The Balaban J connectivity index is 2.14. The number of hydrogen-bond acceptors (Lipinski definition) is 4. The standard InChI is InChI=1S/C16H15FO3S/c1-3-20-16(18)14-9-8-13(10-15(14)17)21-12-6-4-11(19-2)5-7-12/h4-10H,3H2,1-2H3. The highest BCUT2D eigenvalue weighted by Gasteiger charge is 2.13. The zero-order valence-electron chi connectivity index (χ0n) is 11.8. The van der Waals surface area contributed by atoms with Gasteiger partial charge in [-0.15, -0.1) is 0 Å². The zero-order valence-corrected chi connectivity index (χ0v) is 12.6. The summed E-state index contributed by atoms with van der Waals surface area (Å²) in [6, 6.07) is 11.9. The molecule has 0 saturated heterocycles. The van der Waals surface area contributed by atoms with Crippen LogP contribution in [0.3, 0.4) is 0 Å². The van der Waals surface area contributed by atoms with Crippen molar-refractivity contribution in [3.63, 3.8) is 0 Å². The Labute approximate surface area is 127 Å². The maximum atomic E-state index is 13.9. The van der Waals surface area contributed by atoms with Crippen molar-refractivity contribution < 1.29 is 18.7 Å². The Bertz CT molecular complexity index is 626. The maximum absolute atomic E-state index is 13.9. The molecule has 2 aromatic rings. The van der Waals surface area contributed by atoms with E-state index >= 15 is 0 Å². The van der Waals surface area contributed by atoms with Crippen molar-refractivity contribution >= 4 is 17.7 Å². The van der Waals surface area contributed by atoms with Gasteiger partial charge < -0.3 is 9.47 Å². The first-order valence-electron chi connectivity index (χ1n) is 6.42. The molecule has 0 heterocycles. The largest absolute Gasteiger partial charge is 0.497 e. The fourth-order valence-electron chi connectivity index (χ4n) is 1.71. The fourth-order valence-corrected chi connectivity index (χ4v) is 2.56. The van der Waals surface area contributed by atoms with Crippen LogP contribution in [0.4, 0.5) is 4.39 Å². The van der Waals surface area contributed by atoms with E-state index in [0.717, 1.165) is 10.6 Å². The topological polar surface area (TPSA) is 35.5 Å². The number of esters is 1. The number of hydrogen-bond donors (Lipinski definition) is 0. The second-order valence-electron chi connectivity index (χ2n) is 4.14. The highest BCUT2D eigenvalue weighted by Crippen LogP contribution is 2.30. The number of rotatable bonds is 5. The van der Waals surface area contributed by atoms with Gasteiger partial charge in [0.1, 0.15) is 11.6 Å². The van der Waals surface area contributed by atoms with Gasteiger partial charge in [0.15, 0.2) is 0 Å². The van der Waals surface area contributed by atoms with Crippen LogP contribution in [0.25, 0.3) is 0 Å². The lowest BCUT2D eigenvalue weighted by Gasteiger charge is -2.06. The number of methoxy groups -OCH3 is 1. The van der Waals surface area contributed by atoms with Crippen molar-refractivity contribution in [2.45, 2.75) is 16.7 Å². The van der Waals surface area contributed by atoms with Gasteiger partial charge in [-0.2, -0.15) is 0 Å². The summed E-state index contributed by atoms with van der Waals surface area (Å²) in [5.74, 6) is -0.453. The molecular formula is C16H15FO3S. The van der Waals surface area contributed by atoms with Crippen LogP contribution in [0, 0.1) is 5.82 Å². The highest BCUT2D eigenvalue weighted by atomic mass is 32.2. The van der Waals surface area contributed by atoms with Crippen LogP contribution < -0.4 is 4.74 Å². The lowest BCUT2D eigenvalue weighted by molar-refractivity contribution is 0.0521. The van der Waals surface area contributed by atoms with Gasteiger partial charge in [0.05, 0.1) is 19.3 Å². The van der Waals surface area contributed by atoms with Gasteiger partial charge >= 0.3 is 5.97 Å². The van der Waals surface area contributed by atoms with Crippen molar-refractivity contribution in [1.29, 1.82) is 0 Å². The van der Waals surface area contributed by atoms with E-state index in [1.54, 1.807) is 20.1 Å². The van der Waals surface area contributed by atoms with Crippen molar-refractivity contribution in [3.05, 3.63) is 53.8 Å². The first kappa shape index (κ1) is 15.4. The van der Waals surface area contributed by atoms with Crippen LogP contribution in [0.1, 0.15) is 17.3 Å². The zero-order chi connectivity index (χ0) is 15.2. The quantitative estimate of drug-likeness (QED) is 0.777. The smallest absolute Gasteiger partial charge is 0.341 e. The average molecular weight is 306 g/mol. The molecule has 0 atom stereocenters. The summed E-state index contributed by atoms with van der Waals surface area (Å²) >= 11 is 1.41. The third-order valence-corrected chi connectivity index (χ3v) is 3.73. The fraction of sp³-hybridized carbons (Fsp3) is 0.188. The van der Waals surface area contributed by atoms with Crippen molar-refractivity contribution in [2.24, 2.45) is 0 Å². The summed E-state index contributed by atoms with van der Waals surface area (Å²) in [5, 5.41) is 0. The first-order chi connectivity index (χ1) is 10.1. The molecular weight excluding hydrogens is 291 g/mol. The van der Waals surface area contributed by atoms with Crippen LogP contribution in [-0.4, -0.2) is 19.7 Å². The molecule has 21 heavy (non-hydrogen) atoms. The lowest BCUT2D eigenvalue weighted by Crippen LogP contribution is -2.06. The van der Waals surface area contributed by atoms with Gasteiger partial charge in [-0.05, 0) is 49.4 Å². The second kappa shape index (κ2) is 7.13. The van der Waals surface area contributed by atoms with Crippen LogP contribution in [0.2, 0.25) is 0 Å². The first-order valence-corrected chi connectivity index (χ1v) is 7.24. The molecule has 2 aromatic carbocycles. The average Bonchev–Trinajstić information content (AvgIpc) is 2.48. The number of carbonyl (C=O) groups is 1. The molecule has 0 aromatic heterocycles. The lowest BCUT2D eigenvalue weighted by atomic mass is 10.2. The summed E-state index contributed by atoms with van der Waals surface area (Å²) < 4.78 is 23.8. The van der Waals surface area contributed by atoms with Crippen molar-refractivity contribution in [1.82, 2.24) is 0 Å². The Morgan fingerprint density at radius 3 is 2.38 bits per heavy atom. The van der Waals surface area contributed by atoms with Gasteiger partial charge in [-0.3, -0.25) is 0 Å². The number of benzene rings is 2. The Kier molecular flexibility index (Phi) is 5.22. The SMILES string of the molecule is CCOC(=O)c1ccc(Sc2ccc(OC)cc2)cc1F. The molecule has 2 rings (SSSR count). The molecule has 0 aliphatic heterocycles.